The van der Waals surface area contributed by atoms with Crippen LogP contribution >= 0.6 is 0 Å². The van der Waals surface area contributed by atoms with Crippen molar-refractivity contribution in [2.45, 2.75) is 33.2 Å². The molecule has 20 heavy (non-hydrogen) atoms. The second kappa shape index (κ2) is 7.52. The van der Waals surface area contributed by atoms with Crippen LogP contribution in [0, 0.1) is 12.8 Å². The fourth-order valence-corrected chi connectivity index (χ4v) is 1.80. The molecule has 0 bridgehead atoms. The Bertz CT molecular complexity index is 470. The maximum Gasteiger partial charge on any atom is 0.315 e. The number of aryl methyl sites for hydroxylation is 1. The van der Waals surface area contributed by atoms with E-state index < -0.39 is 5.97 Å². The predicted molar refractivity (Wildman–Crippen MR) is 74.2 cm³/mol. The number of urea groups is 1. The Morgan fingerprint density at radius 2 is 2.15 bits per heavy atom. The molecule has 1 aromatic heterocycles. The summed E-state index contributed by atoms with van der Waals surface area (Å²) in [6, 6.07) is -0.294. The Balaban J connectivity index is 2.33. The summed E-state index contributed by atoms with van der Waals surface area (Å²) in [5.41, 5.74) is 1.96. The summed E-state index contributed by atoms with van der Waals surface area (Å²) in [4.78, 5) is 22.3. The lowest BCUT2D eigenvalue weighted by molar-refractivity contribution is -0.138. The zero-order valence-corrected chi connectivity index (χ0v) is 12.1. The number of carboxylic acid groups (broad SMARTS) is 1. The Kier molecular flexibility index (Phi) is 6.02. The molecule has 1 atom stereocenters. The molecule has 112 valence electrons. The van der Waals surface area contributed by atoms with Crippen LogP contribution < -0.4 is 10.6 Å². The fraction of sp³-hybridized carbons (Fsp3) is 0.615. The number of aliphatic carboxylic acids is 1. The fourth-order valence-electron chi connectivity index (χ4n) is 1.80. The summed E-state index contributed by atoms with van der Waals surface area (Å²) >= 11 is 0. The minimum atomic E-state index is -0.843. The van der Waals surface area contributed by atoms with Crippen LogP contribution in [0.4, 0.5) is 4.79 Å². The monoisotopic (exact) mass is 282 g/mol. The van der Waals surface area contributed by atoms with Gasteiger partial charge in [0.25, 0.3) is 0 Å². The van der Waals surface area contributed by atoms with Crippen LogP contribution in [0.1, 0.15) is 31.0 Å². The molecule has 7 nitrogen and oxygen atoms in total. The quantitative estimate of drug-likeness (QED) is 0.696. The van der Waals surface area contributed by atoms with Gasteiger partial charge in [0.1, 0.15) is 0 Å². The van der Waals surface area contributed by atoms with Crippen molar-refractivity contribution in [3.05, 3.63) is 17.5 Å². The lowest BCUT2D eigenvalue weighted by atomic mass is 10.0. The molecule has 0 saturated carbocycles. The molecule has 1 aromatic rings. The van der Waals surface area contributed by atoms with Gasteiger partial charge in [0.05, 0.1) is 6.20 Å². The molecule has 1 unspecified atom stereocenters. The first-order valence-electron chi connectivity index (χ1n) is 6.65. The Morgan fingerprint density at radius 1 is 1.45 bits per heavy atom. The van der Waals surface area contributed by atoms with Crippen molar-refractivity contribution < 1.29 is 14.7 Å². The average molecular weight is 282 g/mol. The number of carbonyl (C=O) groups is 2. The molecule has 0 aliphatic rings. The summed E-state index contributed by atoms with van der Waals surface area (Å²) in [6.07, 6.45) is 2.50. The van der Waals surface area contributed by atoms with Gasteiger partial charge in [-0.15, -0.1) is 0 Å². The van der Waals surface area contributed by atoms with Crippen molar-refractivity contribution in [1.82, 2.24) is 20.4 Å². The number of rotatable bonds is 7. The lowest BCUT2D eigenvalue weighted by Crippen LogP contribution is -2.38. The number of hydrogen-bond acceptors (Lipinski definition) is 3. The highest BCUT2D eigenvalue weighted by Crippen LogP contribution is 2.07. The maximum atomic E-state index is 11.6. The van der Waals surface area contributed by atoms with Crippen LogP contribution in [-0.4, -0.2) is 33.4 Å². The van der Waals surface area contributed by atoms with Gasteiger partial charge in [-0.2, -0.15) is 5.10 Å². The normalized spacial score (nSPS) is 11.9. The Morgan fingerprint density at radius 3 is 2.65 bits per heavy atom. The molecular formula is C13H22N4O3. The van der Waals surface area contributed by atoms with E-state index in [9.17, 15) is 9.59 Å². The third-order valence-electron chi connectivity index (χ3n) is 3.37. The summed E-state index contributed by atoms with van der Waals surface area (Å²) < 4.78 is 1.74. The SMILES string of the molecule is CCC(CNC(=O)NCc1cnn(C)c1C)CC(=O)O. The average Bonchev–Trinajstić information content (AvgIpc) is 2.72. The van der Waals surface area contributed by atoms with Gasteiger partial charge in [-0.3, -0.25) is 9.48 Å². The van der Waals surface area contributed by atoms with Crippen molar-refractivity contribution in [3.63, 3.8) is 0 Å². The molecule has 0 radical (unpaired) electrons. The van der Waals surface area contributed by atoms with E-state index >= 15 is 0 Å². The first-order chi connectivity index (χ1) is 9.43. The molecule has 0 saturated heterocycles. The van der Waals surface area contributed by atoms with Gasteiger partial charge in [0.15, 0.2) is 0 Å². The largest absolute Gasteiger partial charge is 0.481 e. The highest BCUT2D eigenvalue weighted by molar-refractivity contribution is 5.74. The smallest absolute Gasteiger partial charge is 0.315 e. The topological polar surface area (TPSA) is 96.3 Å². The summed E-state index contributed by atoms with van der Waals surface area (Å²) in [7, 11) is 1.84. The molecule has 0 aliphatic heterocycles. The second-order valence-corrected chi connectivity index (χ2v) is 4.81. The summed E-state index contributed by atoms with van der Waals surface area (Å²) in [5.74, 6) is -0.886. The number of amides is 2. The molecule has 0 aliphatic carbocycles. The summed E-state index contributed by atoms with van der Waals surface area (Å²) in [6.45, 7) is 4.61. The van der Waals surface area contributed by atoms with Crippen LogP contribution in [-0.2, 0) is 18.4 Å². The van der Waals surface area contributed by atoms with E-state index in [1.807, 2.05) is 20.9 Å². The van der Waals surface area contributed by atoms with E-state index in [-0.39, 0.29) is 18.4 Å². The molecule has 0 spiro atoms. The minimum absolute atomic E-state index is 0.0432. The van der Waals surface area contributed by atoms with Crippen LogP contribution in [0.5, 0.6) is 0 Å². The maximum absolute atomic E-state index is 11.6. The molecule has 1 rings (SSSR count). The number of carbonyl (C=O) groups excluding carboxylic acids is 1. The number of carboxylic acids is 1. The van der Waals surface area contributed by atoms with Crippen molar-refractivity contribution in [2.75, 3.05) is 6.54 Å². The van der Waals surface area contributed by atoms with Crippen LogP contribution in [0.2, 0.25) is 0 Å². The molecule has 7 heteroatoms. The van der Waals surface area contributed by atoms with Crippen molar-refractivity contribution in [2.24, 2.45) is 13.0 Å². The van der Waals surface area contributed by atoms with Gasteiger partial charge in [-0.05, 0) is 12.8 Å². The predicted octanol–water partition coefficient (Wildman–Crippen LogP) is 1.03. The number of aromatic nitrogens is 2. The zero-order chi connectivity index (χ0) is 15.1. The van der Waals surface area contributed by atoms with Crippen molar-refractivity contribution >= 4 is 12.0 Å². The molecule has 2 amide bonds. The standard InChI is InChI=1S/C13H22N4O3/c1-4-10(5-12(18)19)6-14-13(20)15-7-11-8-16-17(3)9(11)2/h8,10H,4-7H2,1-3H3,(H,18,19)(H2,14,15,20). The molecule has 0 fully saturated rings. The third-order valence-corrected chi connectivity index (χ3v) is 3.37. The van der Waals surface area contributed by atoms with Gasteiger partial charge >= 0.3 is 12.0 Å². The van der Waals surface area contributed by atoms with Gasteiger partial charge in [0.2, 0.25) is 0 Å². The molecule has 0 aromatic carbocycles. The first kappa shape index (κ1) is 16.0. The Hall–Kier alpha value is -2.05. The third kappa shape index (κ3) is 4.91. The number of hydrogen-bond donors (Lipinski definition) is 3. The molecule has 1 heterocycles. The van der Waals surface area contributed by atoms with Crippen LogP contribution in [0.15, 0.2) is 6.20 Å². The zero-order valence-electron chi connectivity index (χ0n) is 12.1. The minimum Gasteiger partial charge on any atom is -0.481 e. The second-order valence-electron chi connectivity index (χ2n) is 4.81. The van der Waals surface area contributed by atoms with E-state index in [0.29, 0.717) is 19.5 Å². The van der Waals surface area contributed by atoms with Crippen LogP contribution in [0.3, 0.4) is 0 Å². The van der Waals surface area contributed by atoms with Gasteiger partial charge < -0.3 is 15.7 Å². The lowest BCUT2D eigenvalue weighted by Gasteiger charge is -2.14. The van der Waals surface area contributed by atoms with E-state index in [2.05, 4.69) is 15.7 Å². The first-order valence-corrected chi connectivity index (χ1v) is 6.65. The number of nitrogens with zero attached hydrogens (tertiary/aromatic N) is 2. The molecular weight excluding hydrogens is 260 g/mol. The van der Waals surface area contributed by atoms with Gasteiger partial charge in [0, 0.05) is 37.8 Å². The van der Waals surface area contributed by atoms with E-state index in [1.165, 1.54) is 0 Å². The van der Waals surface area contributed by atoms with E-state index in [4.69, 9.17) is 5.11 Å². The highest BCUT2D eigenvalue weighted by atomic mass is 16.4. The van der Waals surface area contributed by atoms with Gasteiger partial charge in [-0.1, -0.05) is 13.3 Å². The highest BCUT2D eigenvalue weighted by Gasteiger charge is 2.12. The van der Waals surface area contributed by atoms with E-state index in [1.54, 1.807) is 10.9 Å². The van der Waals surface area contributed by atoms with Crippen molar-refractivity contribution in [1.29, 1.82) is 0 Å². The van der Waals surface area contributed by atoms with Crippen molar-refractivity contribution in [3.8, 4) is 0 Å². The van der Waals surface area contributed by atoms with Crippen LogP contribution in [0.25, 0.3) is 0 Å². The molecule has 3 N–H and O–H groups in total. The summed E-state index contributed by atoms with van der Waals surface area (Å²) in [5, 5.41) is 18.3. The van der Waals surface area contributed by atoms with E-state index in [0.717, 1.165) is 11.3 Å². The van der Waals surface area contributed by atoms with Gasteiger partial charge in [-0.25, -0.2) is 4.79 Å². The Labute approximate surface area is 118 Å². The number of nitrogens with one attached hydrogen (secondary N) is 2.